The maximum absolute atomic E-state index is 12.3. The summed E-state index contributed by atoms with van der Waals surface area (Å²) in [4.78, 5) is 25.6. The molecule has 0 saturated carbocycles. The molecule has 2 amide bonds. The number of carbonyl (C=O) groups excluding carboxylic acids is 2. The van der Waals surface area contributed by atoms with E-state index in [4.69, 9.17) is 16.3 Å². The zero-order chi connectivity index (χ0) is 15.9. The van der Waals surface area contributed by atoms with Crippen LogP contribution in [-0.2, 0) is 16.1 Å². The Labute approximate surface area is 135 Å². The first-order chi connectivity index (χ1) is 10.6. The van der Waals surface area contributed by atoms with E-state index in [1.54, 1.807) is 17.9 Å². The van der Waals surface area contributed by atoms with Gasteiger partial charge in [0, 0.05) is 24.7 Å². The van der Waals surface area contributed by atoms with Crippen molar-refractivity contribution in [1.82, 2.24) is 10.2 Å². The van der Waals surface area contributed by atoms with Crippen LogP contribution in [0, 0.1) is 5.92 Å². The average Bonchev–Trinajstić information content (AvgIpc) is 2.53. The van der Waals surface area contributed by atoms with Crippen LogP contribution in [0.3, 0.4) is 0 Å². The van der Waals surface area contributed by atoms with Crippen LogP contribution >= 0.6 is 11.6 Å². The van der Waals surface area contributed by atoms with Crippen LogP contribution in [0.15, 0.2) is 24.3 Å². The maximum Gasteiger partial charge on any atom is 0.409 e. The maximum atomic E-state index is 12.3. The third kappa shape index (κ3) is 4.63. The fraction of sp³-hybridized carbons (Fsp3) is 0.500. The number of hydrogen-bond acceptors (Lipinski definition) is 3. The van der Waals surface area contributed by atoms with Crippen LogP contribution in [0.2, 0.25) is 5.02 Å². The van der Waals surface area contributed by atoms with Crippen LogP contribution in [0.5, 0.6) is 0 Å². The second-order valence-corrected chi connectivity index (χ2v) is 5.77. The number of amides is 2. The van der Waals surface area contributed by atoms with E-state index in [1.165, 1.54) is 0 Å². The monoisotopic (exact) mass is 324 g/mol. The summed E-state index contributed by atoms with van der Waals surface area (Å²) in [6, 6.07) is 7.39. The summed E-state index contributed by atoms with van der Waals surface area (Å²) in [6.07, 6.45) is 1.26. The SMILES string of the molecule is CCOC(=O)N1CCCC(C(=O)NCc2cccc(Cl)c2)C1. The lowest BCUT2D eigenvalue weighted by atomic mass is 9.97. The lowest BCUT2D eigenvalue weighted by molar-refractivity contribution is -0.126. The molecule has 0 bridgehead atoms. The number of nitrogens with zero attached hydrogens (tertiary/aromatic N) is 1. The Morgan fingerprint density at radius 2 is 2.27 bits per heavy atom. The normalized spacial score (nSPS) is 17.9. The van der Waals surface area contributed by atoms with E-state index in [0.29, 0.717) is 31.3 Å². The van der Waals surface area contributed by atoms with Crippen molar-refractivity contribution in [2.45, 2.75) is 26.3 Å². The van der Waals surface area contributed by atoms with Crippen molar-refractivity contribution in [2.75, 3.05) is 19.7 Å². The molecule has 0 aromatic heterocycles. The first-order valence-electron chi connectivity index (χ1n) is 7.54. The van der Waals surface area contributed by atoms with Gasteiger partial charge in [0.05, 0.1) is 12.5 Å². The molecule has 2 rings (SSSR count). The summed E-state index contributed by atoms with van der Waals surface area (Å²) >= 11 is 5.92. The molecule has 1 aliphatic heterocycles. The molecule has 1 fully saturated rings. The first-order valence-corrected chi connectivity index (χ1v) is 7.91. The lowest BCUT2D eigenvalue weighted by Crippen LogP contribution is -2.45. The van der Waals surface area contributed by atoms with Gasteiger partial charge in [0.15, 0.2) is 0 Å². The Hall–Kier alpha value is -1.75. The van der Waals surface area contributed by atoms with E-state index >= 15 is 0 Å². The van der Waals surface area contributed by atoms with Gasteiger partial charge in [0.2, 0.25) is 5.91 Å². The van der Waals surface area contributed by atoms with E-state index in [0.717, 1.165) is 18.4 Å². The first kappa shape index (κ1) is 16.6. The van der Waals surface area contributed by atoms with Gasteiger partial charge in [-0.2, -0.15) is 0 Å². The van der Waals surface area contributed by atoms with Gasteiger partial charge in [-0.25, -0.2) is 4.79 Å². The van der Waals surface area contributed by atoms with Gasteiger partial charge >= 0.3 is 6.09 Å². The molecule has 5 nitrogen and oxygen atoms in total. The molecule has 22 heavy (non-hydrogen) atoms. The Morgan fingerprint density at radius 1 is 1.45 bits per heavy atom. The standard InChI is InChI=1S/C16H21ClN2O3/c1-2-22-16(21)19-8-4-6-13(11-19)15(20)18-10-12-5-3-7-14(17)9-12/h3,5,7,9,13H,2,4,6,8,10-11H2,1H3,(H,18,20). The molecule has 0 radical (unpaired) electrons. The molecule has 1 aromatic rings. The Bertz CT molecular complexity index is 536. The molecule has 1 unspecified atom stereocenters. The number of carbonyl (C=O) groups is 2. The second-order valence-electron chi connectivity index (χ2n) is 5.33. The number of halogens is 1. The quantitative estimate of drug-likeness (QED) is 0.926. The highest BCUT2D eigenvalue weighted by atomic mass is 35.5. The molecule has 0 spiro atoms. The van der Waals surface area contributed by atoms with Gasteiger partial charge in [-0.15, -0.1) is 0 Å². The molecule has 1 aliphatic rings. The Kier molecular flexibility index (Phi) is 6.07. The molecular formula is C16H21ClN2O3. The van der Waals surface area contributed by atoms with E-state index < -0.39 is 0 Å². The van der Waals surface area contributed by atoms with Crippen LogP contribution < -0.4 is 5.32 Å². The molecule has 1 saturated heterocycles. The number of likely N-dealkylation sites (tertiary alicyclic amines) is 1. The summed E-state index contributed by atoms with van der Waals surface area (Å²) in [6.45, 7) is 3.63. The molecule has 120 valence electrons. The molecule has 6 heteroatoms. The van der Waals surface area contributed by atoms with Gasteiger partial charge in [-0.1, -0.05) is 23.7 Å². The number of rotatable bonds is 4. The minimum absolute atomic E-state index is 0.0334. The molecule has 1 heterocycles. The number of piperidine rings is 1. The van der Waals surface area contributed by atoms with E-state index in [-0.39, 0.29) is 17.9 Å². The largest absolute Gasteiger partial charge is 0.450 e. The van der Waals surface area contributed by atoms with Crippen molar-refractivity contribution in [2.24, 2.45) is 5.92 Å². The summed E-state index contributed by atoms with van der Waals surface area (Å²) in [5, 5.41) is 3.56. The van der Waals surface area contributed by atoms with Gasteiger partial charge in [0.1, 0.15) is 0 Å². The predicted molar refractivity (Wildman–Crippen MR) is 84.6 cm³/mol. The minimum Gasteiger partial charge on any atom is -0.450 e. The van der Waals surface area contributed by atoms with Crippen LogP contribution in [0.1, 0.15) is 25.3 Å². The molecule has 1 atom stereocenters. The minimum atomic E-state index is -0.338. The zero-order valence-corrected chi connectivity index (χ0v) is 13.4. The third-order valence-corrected chi connectivity index (χ3v) is 3.91. The highest BCUT2D eigenvalue weighted by Crippen LogP contribution is 2.18. The average molecular weight is 325 g/mol. The number of nitrogens with one attached hydrogen (secondary N) is 1. The topological polar surface area (TPSA) is 58.6 Å². The summed E-state index contributed by atoms with van der Waals surface area (Å²) < 4.78 is 4.99. The van der Waals surface area contributed by atoms with Crippen molar-refractivity contribution in [3.05, 3.63) is 34.9 Å². The summed E-state index contributed by atoms with van der Waals surface area (Å²) in [7, 11) is 0. The highest BCUT2D eigenvalue weighted by Gasteiger charge is 2.28. The van der Waals surface area contributed by atoms with Crippen molar-refractivity contribution < 1.29 is 14.3 Å². The fourth-order valence-corrected chi connectivity index (χ4v) is 2.77. The van der Waals surface area contributed by atoms with Crippen LogP contribution in [0.25, 0.3) is 0 Å². The second kappa shape index (κ2) is 8.03. The molecule has 1 N–H and O–H groups in total. The van der Waals surface area contributed by atoms with Crippen LogP contribution in [-0.4, -0.2) is 36.6 Å². The number of ether oxygens (including phenoxy) is 1. The number of benzene rings is 1. The smallest absolute Gasteiger partial charge is 0.409 e. The highest BCUT2D eigenvalue weighted by molar-refractivity contribution is 6.30. The van der Waals surface area contributed by atoms with Crippen molar-refractivity contribution in [3.63, 3.8) is 0 Å². The van der Waals surface area contributed by atoms with E-state index in [2.05, 4.69) is 5.32 Å². The fourth-order valence-electron chi connectivity index (χ4n) is 2.55. The Morgan fingerprint density at radius 3 is 3.00 bits per heavy atom. The molecule has 1 aromatic carbocycles. The lowest BCUT2D eigenvalue weighted by Gasteiger charge is -2.31. The van der Waals surface area contributed by atoms with Gasteiger partial charge in [-0.05, 0) is 37.5 Å². The molecule has 0 aliphatic carbocycles. The van der Waals surface area contributed by atoms with Crippen LogP contribution in [0.4, 0.5) is 4.79 Å². The zero-order valence-electron chi connectivity index (χ0n) is 12.7. The summed E-state index contributed by atoms with van der Waals surface area (Å²) in [5.74, 6) is -0.216. The van der Waals surface area contributed by atoms with Crippen molar-refractivity contribution >= 4 is 23.6 Å². The number of hydrogen-bond donors (Lipinski definition) is 1. The van der Waals surface area contributed by atoms with Gasteiger partial charge < -0.3 is 15.0 Å². The third-order valence-electron chi connectivity index (χ3n) is 3.67. The van der Waals surface area contributed by atoms with Crippen molar-refractivity contribution in [3.8, 4) is 0 Å². The van der Waals surface area contributed by atoms with Gasteiger partial charge in [0.25, 0.3) is 0 Å². The van der Waals surface area contributed by atoms with E-state index in [1.807, 2.05) is 18.2 Å². The van der Waals surface area contributed by atoms with E-state index in [9.17, 15) is 9.59 Å². The Balaban J connectivity index is 1.85. The molecular weight excluding hydrogens is 304 g/mol. The van der Waals surface area contributed by atoms with Crippen molar-refractivity contribution in [1.29, 1.82) is 0 Å². The predicted octanol–water partition coefficient (Wildman–Crippen LogP) is 2.82. The van der Waals surface area contributed by atoms with Gasteiger partial charge in [-0.3, -0.25) is 4.79 Å². The summed E-state index contributed by atoms with van der Waals surface area (Å²) in [5.41, 5.74) is 0.957.